The van der Waals surface area contributed by atoms with Crippen LogP contribution in [0.25, 0.3) is 11.3 Å². The van der Waals surface area contributed by atoms with Gasteiger partial charge in [-0.2, -0.15) is 0 Å². The summed E-state index contributed by atoms with van der Waals surface area (Å²) >= 11 is 0. The van der Waals surface area contributed by atoms with Crippen molar-refractivity contribution in [1.82, 2.24) is 14.5 Å². The van der Waals surface area contributed by atoms with Gasteiger partial charge in [0, 0.05) is 32.0 Å². The molecule has 0 saturated heterocycles. The number of fused-ring (bicyclic) bond motifs is 1. The first-order valence-corrected chi connectivity index (χ1v) is 12.3. The Morgan fingerprint density at radius 2 is 1.94 bits per heavy atom. The maximum Gasteiger partial charge on any atom is 0.222 e. The third-order valence-electron chi connectivity index (χ3n) is 6.45. The molecule has 1 aliphatic heterocycles. The van der Waals surface area contributed by atoms with E-state index in [2.05, 4.69) is 56.5 Å². The quantitative estimate of drug-likeness (QED) is 0.423. The molecule has 1 aromatic carbocycles. The van der Waals surface area contributed by atoms with E-state index in [0.717, 1.165) is 25.1 Å². The molecule has 2 aromatic rings. The SMILES string of the molecule is CCCCCCc1ccc(-c2nc3n(c2CN(C)C(=O)CC(C)C)CC(C)CC3)cc1. The number of hydrogen-bond donors (Lipinski definition) is 0. The summed E-state index contributed by atoms with van der Waals surface area (Å²) in [6.45, 7) is 10.4. The summed E-state index contributed by atoms with van der Waals surface area (Å²) in [5.74, 6) is 2.41. The average molecular weight is 424 g/mol. The molecule has 0 radical (unpaired) electrons. The van der Waals surface area contributed by atoms with Crippen LogP contribution in [-0.2, 0) is 30.7 Å². The standard InChI is InChI=1S/C27H41N3O/c1-6-7-8-9-10-22-12-14-23(15-13-22)27-24(19-29(5)26(31)17-20(2)3)30-18-21(4)11-16-25(30)28-27/h12-15,20-21H,6-11,16-19H2,1-5H3. The number of carbonyl (C=O) groups is 1. The van der Waals surface area contributed by atoms with Crippen molar-refractivity contribution in [2.45, 2.75) is 92.2 Å². The Bertz CT molecular complexity index is 850. The van der Waals surface area contributed by atoms with E-state index in [1.54, 1.807) is 0 Å². The Hall–Kier alpha value is -2.10. The van der Waals surface area contributed by atoms with Gasteiger partial charge in [0.05, 0.1) is 17.9 Å². The lowest BCUT2D eigenvalue weighted by Crippen LogP contribution is -2.29. The van der Waals surface area contributed by atoms with Crippen molar-refractivity contribution in [2.75, 3.05) is 7.05 Å². The Morgan fingerprint density at radius 1 is 1.19 bits per heavy atom. The second-order valence-electron chi connectivity index (χ2n) is 9.93. The first kappa shape index (κ1) is 23.6. The first-order valence-electron chi connectivity index (χ1n) is 12.3. The van der Waals surface area contributed by atoms with Gasteiger partial charge in [0.15, 0.2) is 0 Å². The summed E-state index contributed by atoms with van der Waals surface area (Å²) in [6.07, 6.45) is 9.13. The van der Waals surface area contributed by atoms with Crippen molar-refractivity contribution in [2.24, 2.45) is 11.8 Å². The van der Waals surface area contributed by atoms with E-state index in [9.17, 15) is 4.79 Å². The third-order valence-corrected chi connectivity index (χ3v) is 6.45. The summed E-state index contributed by atoms with van der Waals surface area (Å²) in [6, 6.07) is 8.98. The fourth-order valence-electron chi connectivity index (χ4n) is 4.52. The third kappa shape index (κ3) is 6.21. The maximum absolute atomic E-state index is 12.6. The van der Waals surface area contributed by atoms with E-state index < -0.39 is 0 Å². The first-order chi connectivity index (χ1) is 14.9. The second kappa shape index (κ2) is 11.0. The molecule has 1 aromatic heterocycles. The lowest BCUT2D eigenvalue weighted by Gasteiger charge is -2.25. The smallest absolute Gasteiger partial charge is 0.222 e. The summed E-state index contributed by atoms with van der Waals surface area (Å²) in [5.41, 5.74) is 4.83. The molecule has 4 nitrogen and oxygen atoms in total. The van der Waals surface area contributed by atoms with Crippen molar-refractivity contribution in [3.8, 4) is 11.3 Å². The number of hydrogen-bond acceptors (Lipinski definition) is 2. The molecular formula is C27H41N3O. The maximum atomic E-state index is 12.6. The number of aromatic nitrogens is 2. The van der Waals surface area contributed by atoms with Crippen molar-refractivity contribution in [1.29, 1.82) is 0 Å². The molecule has 1 atom stereocenters. The predicted molar refractivity (Wildman–Crippen MR) is 129 cm³/mol. The van der Waals surface area contributed by atoms with Crippen LogP contribution in [0.1, 0.15) is 83.3 Å². The van der Waals surface area contributed by atoms with Crippen LogP contribution in [0.3, 0.4) is 0 Å². The van der Waals surface area contributed by atoms with Crippen LogP contribution in [0.15, 0.2) is 24.3 Å². The molecule has 0 fully saturated rings. The van der Waals surface area contributed by atoms with Gasteiger partial charge in [-0.15, -0.1) is 0 Å². The molecule has 3 rings (SSSR count). The zero-order valence-electron chi connectivity index (χ0n) is 20.3. The fraction of sp³-hybridized carbons (Fsp3) is 0.630. The second-order valence-corrected chi connectivity index (χ2v) is 9.93. The minimum Gasteiger partial charge on any atom is -0.340 e. The van der Waals surface area contributed by atoms with E-state index in [1.165, 1.54) is 54.7 Å². The molecule has 4 heteroatoms. The highest BCUT2D eigenvalue weighted by atomic mass is 16.2. The lowest BCUT2D eigenvalue weighted by atomic mass is 10.0. The molecule has 0 bridgehead atoms. The normalized spacial score (nSPS) is 15.9. The molecule has 170 valence electrons. The monoisotopic (exact) mass is 423 g/mol. The molecule has 31 heavy (non-hydrogen) atoms. The largest absolute Gasteiger partial charge is 0.340 e. The average Bonchev–Trinajstić information content (AvgIpc) is 3.08. The van der Waals surface area contributed by atoms with E-state index in [4.69, 9.17) is 4.98 Å². The van der Waals surface area contributed by atoms with Gasteiger partial charge in [-0.25, -0.2) is 4.98 Å². The van der Waals surface area contributed by atoms with Crippen LogP contribution in [0.5, 0.6) is 0 Å². The molecule has 0 spiro atoms. The van der Waals surface area contributed by atoms with E-state index in [1.807, 2.05) is 11.9 Å². The molecule has 2 heterocycles. The van der Waals surface area contributed by atoms with Gasteiger partial charge in [0.1, 0.15) is 5.82 Å². The topological polar surface area (TPSA) is 38.1 Å². The van der Waals surface area contributed by atoms with E-state index in [0.29, 0.717) is 24.8 Å². The highest BCUT2D eigenvalue weighted by Crippen LogP contribution is 2.31. The summed E-state index contributed by atoms with van der Waals surface area (Å²) < 4.78 is 2.39. The van der Waals surface area contributed by atoms with Crippen molar-refractivity contribution >= 4 is 5.91 Å². The van der Waals surface area contributed by atoms with Gasteiger partial charge in [0.2, 0.25) is 5.91 Å². The number of aryl methyl sites for hydroxylation is 2. The molecular weight excluding hydrogens is 382 g/mol. The number of rotatable bonds is 10. The van der Waals surface area contributed by atoms with Gasteiger partial charge in [-0.1, -0.05) is 71.2 Å². The molecule has 0 N–H and O–H groups in total. The zero-order valence-corrected chi connectivity index (χ0v) is 20.3. The minimum absolute atomic E-state index is 0.211. The number of carbonyl (C=O) groups excluding carboxylic acids is 1. The highest BCUT2D eigenvalue weighted by Gasteiger charge is 2.25. The molecule has 1 unspecified atom stereocenters. The predicted octanol–water partition coefficient (Wildman–Crippen LogP) is 6.26. The summed E-state index contributed by atoms with van der Waals surface area (Å²) in [7, 11) is 1.93. The zero-order chi connectivity index (χ0) is 22.4. The van der Waals surface area contributed by atoms with E-state index >= 15 is 0 Å². The lowest BCUT2D eigenvalue weighted by molar-refractivity contribution is -0.131. The van der Waals surface area contributed by atoms with Crippen molar-refractivity contribution in [3.05, 3.63) is 41.3 Å². The molecule has 0 saturated carbocycles. The van der Waals surface area contributed by atoms with Gasteiger partial charge >= 0.3 is 0 Å². The van der Waals surface area contributed by atoms with Crippen molar-refractivity contribution in [3.63, 3.8) is 0 Å². The fourth-order valence-corrected chi connectivity index (χ4v) is 4.52. The van der Waals surface area contributed by atoms with Gasteiger partial charge in [-0.05, 0) is 36.7 Å². The summed E-state index contributed by atoms with van der Waals surface area (Å²) in [5, 5.41) is 0. The summed E-state index contributed by atoms with van der Waals surface area (Å²) in [4.78, 5) is 19.6. The van der Waals surface area contributed by atoms with Crippen molar-refractivity contribution < 1.29 is 4.79 Å². The van der Waals surface area contributed by atoms with Crippen LogP contribution in [0, 0.1) is 11.8 Å². The highest BCUT2D eigenvalue weighted by molar-refractivity contribution is 5.76. The van der Waals surface area contributed by atoms with Gasteiger partial charge in [-0.3, -0.25) is 4.79 Å². The van der Waals surface area contributed by atoms with E-state index in [-0.39, 0.29) is 5.91 Å². The van der Waals surface area contributed by atoms with Crippen LogP contribution < -0.4 is 0 Å². The number of unbranched alkanes of at least 4 members (excludes halogenated alkanes) is 3. The molecule has 0 aliphatic carbocycles. The number of nitrogens with zero attached hydrogens (tertiary/aromatic N) is 3. The van der Waals surface area contributed by atoms with Crippen LogP contribution >= 0.6 is 0 Å². The van der Waals surface area contributed by atoms with Gasteiger partial charge < -0.3 is 9.47 Å². The van der Waals surface area contributed by atoms with Crippen LogP contribution in [0.4, 0.5) is 0 Å². The van der Waals surface area contributed by atoms with Gasteiger partial charge in [0.25, 0.3) is 0 Å². The van der Waals surface area contributed by atoms with Crippen LogP contribution in [0.2, 0.25) is 0 Å². The Labute approximate surface area is 189 Å². The number of imidazole rings is 1. The number of amides is 1. The Morgan fingerprint density at radius 3 is 2.61 bits per heavy atom. The number of benzene rings is 1. The Kier molecular flexibility index (Phi) is 8.34. The minimum atomic E-state index is 0.211. The van der Waals surface area contributed by atoms with Crippen LogP contribution in [-0.4, -0.2) is 27.4 Å². The Balaban J connectivity index is 1.83. The molecule has 1 aliphatic rings. The molecule has 1 amide bonds.